The third kappa shape index (κ3) is 3.76. The predicted molar refractivity (Wildman–Crippen MR) is 109 cm³/mol. The maximum absolute atomic E-state index is 12.8. The van der Waals surface area contributed by atoms with Crippen molar-refractivity contribution in [1.82, 2.24) is 14.9 Å². The largest absolute Gasteiger partial charge is 0.276 e. The molecule has 0 amide bonds. The molecule has 28 heavy (non-hydrogen) atoms. The molecule has 140 valence electrons. The zero-order valence-electron chi connectivity index (χ0n) is 14.5. The molecule has 0 saturated heterocycles. The Bertz CT molecular complexity index is 1190. The van der Waals surface area contributed by atoms with Gasteiger partial charge in [0.15, 0.2) is 0 Å². The standard InChI is InChI=1S/C20H15ClN4O2S/c21-17-10-8-15(9-11-17)20-13-19(16-5-4-12-22-14-16)23-25(20)24-28(26,27)18-6-2-1-3-7-18/h1-14,24H. The van der Waals surface area contributed by atoms with Crippen LogP contribution in [0, 0.1) is 0 Å². The van der Waals surface area contributed by atoms with Gasteiger partial charge in [0.1, 0.15) is 0 Å². The SMILES string of the molecule is O=S(=O)(Nn1nc(-c2cccnc2)cc1-c1ccc(Cl)cc1)c1ccccc1. The Hall–Kier alpha value is -3.16. The second kappa shape index (κ2) is 7.46. The second-order valence-electron chi connectivity index (χ2n) is 5.98. The molecule has 2 heterocycles. The van der Waals surface area contributed by atoms with Crippen molar-refractivity contribution in [2.75, 3.05) is 4.83 Å². The summed E-state index contributed by atoms with van der Waals surface area (Å²) in [6, 6.07) is 20.7. The van der Waals surface area contributed by atoms with Gasteiger partial charge in [0, 0.05) is 28.5 Å². The molecule has 0 saturated carbocycles. The van der Waals surface area contributed by atoms with Gasteiger partial charge in [-0.2, -0.15) is 23.1 Å². The minimum atomic E-state index is -3.81. The molecule has 0 spiro atoms. The normalized spacial score (nSPS) is 11.3. The Morgan fingerprint density at radius 2 is 1.64 bits per heavy atom. The average Bonchev–Trinajstić information content (AvgIpc) is 3.13. The topological polar surface area (TPSA) is 76.9 Å². The van der Waals surface area contributed by atoms with Crippen LogP contribution in [0.2, 0.25) is 5.02 Å². The zero-order chi connectivity index (χ0) is 19.6. The molecule has 8 heteroatoms. The molecule has 0 unspecified atom stereocenters. The van der Waals surface area contributed by atoms with Crippen molar-refractivity contribution in [3.63, 3.8) is 0 Å². The van der Waals surface area contributed by atoms with Crippen molar-refractivity contribution >= 4 is 21.6 Å². The van der Waals surface area contributed by atoms with Gasteiger partial charge >= 0.3 is 0 Å². The molecule has 0 fully saturated rings. The van der Waals surface area contributed by atoms with Crippen molar-refractivity contribution < 1.29 is 8.42 Å². The van der Waals surface area contributed by atoms with Crippen LogP contribution in [0.1, 0.15) is 0 Å². The Morgan fingerprint density at radius 3 is 2.32 bits per heavy atom. The van der Waals surface area contributed by atoms with E-state index in [4.69, 9.17) is 11.6 Å². The fourth-order valence-electron chi connectivity index (χ4n) is 2.70. The highest BCUT2D eigenvalue weighted by atomic mass is 35.5. The van der Waals surface area contributed by atoms with E-state index < -0.39 is 10.0 Å². The molecule has 1 N–H and O–H groups in total. The minimum Gasteiger partial charge on any atom is -0.264 e. The molecule has 4 aromatic rings. The number of rotatable bonds is 5. The summed E-state index contributed by atoms with van der Waals surface area (Å²) in [7, 11) is -3.81. The summed E-state index contributed by atoms with van der Waals surface area (Å²) < 4.78 is 25.6. The number of nitrogens with zero attached hydrogens (tertiary/aromatic N) is 3. The van der Waals surface area contributed by atoms with E-state index in [1.165, 1.54) is 16.9 Å². The number of halogens is 1. The van der Waals surface area contributed by atoms with Crippen LogP contribution in [0.15, 0.2) is 90.1 Å². The van der Waals surface area contributed by atoms with Crippen molar-refractivity contribution in [2.45, 2.75) is 4.90 Å². The van der Waals surface area contributed by atoms with Gasteiger partial charge in [-0.25, -0.2) is 0 Å². The van der Waals surface area contributed by atoms with Gasteiger partial charge in [-0.05, 0) is 42.5 Å². The second-order valence-corrected chi connectivity index (χ2v) is 8.08. The van der Waals surface area contributed by atoms with Crippen LogP contribution in [0.5, 0.6) is 0 Å². The Morgan fingerprint density at radius 1 is 0.893 bits per heavy atom. The first-order valence-corrected chi connectivity index (χ1v) is 10.2. The summed E-state index contributed by atoms with van der Waals surface area (Å²) in [6.07, 6.45) is 3.34. The van der Waals surface area contributed by atoms with Gasteiger partial charge in [0.2, 0.25) is 0 Å². The molecule has 0 atom stereocenters. The molecule has 6 nitrogen and oxygen atoms in total. The molecular weight excluding hydrogens is 396 g/mol. The van der Waals surface area contributed by atoms with E-state index in [1.54, 1.807) is 67.0 Å². The summed E-state index contributed by atoms with van der Waals surface area (Å²) in [6.45, 7) is 0. The van der Waals surface area contributed by atoms with Gasteiger partial charge in [0.05, 0.1) is 16.3 Å². The number of hydrogen-bond donors (Lipinski definition) is 1. The fraction of sp³-hybridized carbons (Fsp3) is 0. The molecular formula is C20H15ClN4O2S. The summed E-state index contributed by atoms with van der Waals surface area (Å²) >= 11 is 5.98. The maximum Gasteiger partial charge on any atom is 0.276 e. The van der Waals surface area contributed by atoms with Gasteiger partial charge in [-0.3, -0.25) is 4.98 Å². The predicted octanol–water partition coefficient (Wildman–Crippen LogP) is 4.20. The van der Waals surface area contributed by atoms with Gasteiger partial charge in [-0.1, -0.05) is 41.9 Å². The van der Waals surface area contributed by atoms with E-state index in [0.29, 0.717) is 16.4 Å². The smallest absolute Gasteiger partial charge is 0.264 e. The first-order valence-electron chi connectivity index (χ1n) is 8.37. The van der Waals surface area contributed by atoms with Crippen LogP contribution >= 0.6 is 11.6 Å². The minimum absolute atomic E-state index is 0.149. The van der Waals surface area contributed by atoms with E-state index in [2.05, 4.69) is 14.9 Å². The summed E-state index contributed by atoms with van der Waals surface area (Å²) in [5.41, 5.74) is 2.71. The lowest BCUT2D eigenvalue weighted by molar-refractivity contribution is 0.592. The van der Waals surface area contributed by atoms with Crippen LogP contribution < -0.4 is 4.83 Å². The Balaban J connectivity index is 1.81. The highest BCUT2D eigenvalue weighted by Crippen LogP contribution is 2.27. The van der Waals surface area contributed by atoms with E-state index >= 15 is 0 Å². The third-order valence-electron chi connectivity index (χ3n) is 4.07. The number of aromatic nitrogens is 3. The first-order chi connectivity index (χ1) is 13.5. The average molecular weight is 411 g/mol. The van der Waals surface area contributed by atoms with E-state index in [1.807, 2.05) is 6.07 Å². The molecule has 0 radical (unpaired) electrons. The van der Waals surface area contributed by atoms with Crippen LogP contribution in [-0.2, 0) is 10.0 Å². The zero-order valence-corrected chi connectivity index (χ0v) is 16.1. The molecule has 0 aliphatic heterocycles. The van der Waals surface area contributed by atoms with Crippen LogP contribution in [0.4, 0.5) is 0 Å². The van der Waals surface area contributed by atoms with Crippen LogP contribution in [0.25, 0.3) is 22.5 Å². The van der Waals surface area contributed by atoms with E-state index in [-0.39, 0.29) is 4.90 Å². The number of benzene rings is 2. The van der Waals surface area contributed by atoms with Gasteiger partial charge < -0.3 is 0 Å². The lowest BCUT2D eigenvalue weighted by Crippen LogP contribution is -2.25. The van der Waals surface area contributed by atoms with Crippen molar-refractivity contribution in [3.8, 4) is 22.5 Å². The maximum atomic E-state index is 12.8. The molecule has 0 aliphatic carbocycles. The lowest BCUT2D eigenvalue weighted by Gasteiger charge is -2.11. The fourth-order valence-corrected chi connectivity index (χ4v) is 3.81. The molecule has 2 aromatic heterocycles. The van der Waals surface area contributed by atoms with Crippen LogP contribution in [-0.4, -0.2) is 23.3 Å². The quantitative estimate of drug-likeness (QED) is 0.535. The third-order valence-corrected chi connectivity index (χ3v) is 5.62. The van der Waals surface area contributed by atoms with Gasteiger partial charge in [-0.15, -0.1) is 0 Å². The molecule has 0 aliphatic rings. The number of hydrogen-bond acceptors (Lipinski definition) is 4. The molecule has 0 bridgehead atoms. The Labute approximate surface area is 167 Å². The van der Waals surface area contributed by atoms with Crippen molar-refractivity contribution in [1.29, 1.82) is 0 Å². The van der Waals surface area contributed by atoms with Gasteiger partial charge in [0.25, 0.3) is 10.0 Å². The van der Waals surface area contributed by atoms with Crippen molar-refractivity contribution in [2.24, 2.45) is 0 Å². The Kier molecular flexibility index (Phi) is 4.85. The number of nitrogens with one attached hydrogen (secondary N) is 1. The van der Waals surface area contributed by atoms with E-state index in [9.17, 15) is 8.42 Å². The number of pyridine rings is 1. The van der Waals surface area contributed by atoms with Crippen molar-refractivity contribution in [3.05, 3.63) is 90.2 Å². The first kappa shape index (κ1) is 18.2. The van der Waals surface area contributed by atoms with Crippen LogP contribution in [0.3, 0.4) is 0 Å². The summed E-state index contributed by atoms with van der Waals surface area (Å²) in [4.78, 5) is 8.04. The highest BCUT2D eigenvalue weighted by Gasteiger charge is 2.18. The lowest BCUT2D eigenvalue weighted by atomic mass is 10.1. The highest BCUT2D eigenvalue weighted by molar-refractivity contribution is 7.92. The number of sulfonamides is 1. The summed E-state index contributed by atoms with van der Waals surface area (Å²) in [5.74, 6) is 0. The molecule has 4 rings (SSSR count). The monoisotopic (exact) mass is 410 g/mol. The van der Waals surface area contributed by atoms with E-state index in [0.717, 1.165) is 11.1 Å². The summed E-state index contributed by atoms with van der Waals surface area (Å²) in [5, 5.41) is 5.03. The molecule has 2 aromatic carbocycles.